The van der Waals surface area contributed by atoms with Gasteiger partial charge < -0.3 is 16.1 Å². The Morgan fingerprint density at radius 2 is 1.76 bits per heavy atom. The first-order valence-corrected chi connectivity index (χ1v) is 14.8. The van der Waals surface area contributed by atoms with Gasteiger partial charge in [-0.2, -0.15) is 21.0 Å². The predicted octanol–water partition coefficient (Wildman–Crippen LogP) is 6.46. The molecule has 1 aromatic heterocycles. The summed E-state index contributed by atoms with van der Waals surface area (Å²) in [4.78, 5) is 4.50. The number of rotatable bonds is 10. The summed E-state index contributed by atoms with van der Waals surface area (Å²) in [5, 5.41) is 48.6. The number of pyridine rings is 1. The van der Waals surface area contributed by atoms with E-state index in [2.05, 4.69) is 50.9 Å². The molecule has 4 N–H and O–H groups in total. The zero-order valence-corrected chi connectivity index (χ0v) is 24.8. The van der Waals surface area contributed by atoms with E-state index >= 15 is 0 Å². The molecule has 3 aromatic carbocycles. The number of nitriles is 4. The van der Waals surface area contributed by atoms with Gasteiger partial charge in [0.2, 0.25) is 0 Å². The molecule has 2 heterocycles. The molecule has 0 amide bonds. The summed E-state index contributed by atoms with van der Waals surface area (Å²) in [6, 6.07) is 29.1. The summed E-state index contributed by atoms with van der Waals surface area (Å²) in [5.41, 5.74) is 10.8. The number of hydrogen-bond donors (Lipinski definition) is 4. The fourth-order valence-electron chi connectivity index (χ4n) is 5.50. The van der Waals surface area contributed by atoms with E-state index in [9.17, 15) is 21.0 Å². The van der Waals surface area contributed by atoms with Crippen LogP contribution in [0.15, 0.2) is 84.8 Å². The Labute approximate surface area is 265 Å². The first-order valence-electron chi connectivity index (χ1n) is 14.4. The second kappa shape index (κ2) is 12.4. The molecule has 0 radical (unpaired) electrons. The van der Waals surface area contributed by atoms with Crippen molar-refractivity contribution in [3.05, 3.63) is 112 Å². The third kappa shape index (κ3) is 5.90. The number of halogens is 1. The SMILES string of the molecule is N#CCC[C@@H](Nc1c(C#N)cnc2c(Cl)cc(NC(C3=CN(C4(C#N)CC4)NN3)c3cccc(C#N)c3)cc12)c1ccccc1. The quantitative estimate of drug-likeness (QED) is 0.157. The van der Waals surface area contributed by atoms with Gasteiger partial charge in [-0.3, -0.25) is 9.99 Å². The van der Waals surface area contributed by atoms with Crippen LogP contribution in [-0.2, 0) is 0 Å². The van der Waals surface area contributed by atoms with Crippen molar-refractivity contribution >= 4 is 33.9 Å². The van der Waals surface area contributed by atoms with Gasteiger partial charge >= 0.3 is 0 Å². The van der Waals surface area contributed by atoms with E-state index in [1.165, 1.54) is 6.20 Å². The molecule has 2 atom stereocenters. The Morgan fingerprint density at radius 1 is 0.956 bits per heavy atom. The predicted molar refractivity (Wildman–Crippen MR) is 170 cm³/mol. The van der Waals surface area contributed by atoms with Crippen LogP contribution >= 0.6 is 11.6 Å². The summed E-state index contributed by atoms with van der Waals surface area (Å²) in [6.45, 7) is 0. The number of benzene rings is 3. The standard InChI is InChI=1S/C34H27ClN10/c35-28-16-26(41-32(24-9-4-6-22(14-24)17-37)30-20-45(44-43-30)34(21-39)11-12-34)15-27-31(25(18-38)19-40-33(27)28)42-29(10-5-13-36)23-7-2-1-3-8-23/h1-4,6-9,14-16,19-20,29,32,41,43-44H,5,10-12H2,(H,40,42)/t29-,32?/m1/s1. The summed E-state index contributed by atoms with van der Waals surface area (Å²) < 4.78 is 0. The molecule has 1 unspecified atom stereocenters. The Balaban J connectivity index is 1.43. The Hall–Kier alpha value is -5.78. The summed E-state index contributed by atoms with van der Waals surface area (Å²) in [5.74, 6) is 0. The molecule has 1 fully saturated rings. The minimum atomic E-state index is -0.596. The number of hydrazine groups is 2. The maximum absolute atomic E-state index is 10.1. The zero-order chi connectivity index (χ0) is 31.4. The molecular weight excluding hydrogens is 584 g/mol. The lowest BCUT2D eigenvalue weighted by Crippen LogP contribution is -2.44. The highest BCUT2D eigenvalue weighted by Crippen LogP contribution is 2.42. The van der Waals surface area contributed by atoms with Gasteiger partial charge in [0, 0.05) is 29.9 Å². The molecule has 2 aliphatic rings. The van der Waals surface area contributed by atoms with Crippen LogP contribution in [0.5, 0.6) is 0 Å². The minimum absolute atomic E-state index is 0.236. The van der Waals surface area contributed by atoms with E-state index in [0.29, 0.717) is 51.3 Å². The van der Waals surface area contributed by atoms with Crippen LogP contribution in [0.1, 0.15) is 60.0 Å². The van der Waals surface area contributed by atoms with E-state index in [-0.39, 0.29) is 6.04 Å². The van der Waals surface area contributed by atoms with Crippen LogP contribution in [-0.4, -0.2) is 15.5 Å². The van der Waals surface area contributed by atoms with Gasteiger partial charge in [-0.1, -0.05) is 54.1 Å². The second-order valence-corrected chi connectivity index (χ2v) is 11.4. The fraction of sp³-hybridized carbons (Fsp3) is 0.206. The van der Waals surface area contributed by atoms with E-state index in [4.69, 9.17) is 11.6 Å². The van der Waals surface area contributed by atoms with Crippen molar-refractivity contribution in [2.75, 3.05) is 10.6 Å². The number of aromatic nitrogens is 1. The topological polar surface area (TPSA) is 159 Å². The molecule has 1 saturated carbocycles. The molecule has 0 bridgehead atoms. The molecule has 6 rings (SSSR count). The lowest BCUT2D eigenvalue weighted by atomic mass is 9.99. The van der Waals surface area contributed by atoms with Crippen molar-refractivity contribution < 1.29 is 0 Å². The Morgan fingerprint density at radius 3 is 2.47 bits per heavy atom. The van der Waals surface area contributed by atoms with Crippen molar-refractivity contribution in [1.82, 2.24) is 21.0 Å². The maximum atomic E-state index is 10.1. The van der Waals surface area contributed by atoms with Gasteiger partial charge in [0.15, 0.2) is 0 Å². The molecular formula is C34H27ClN10. The van der Waals surface area contributed by atoms with Crippen LogP contribution in [0.25, 0.3) is 10.9 Å². The van der Waals surface area contributed by atoms with Crippen LogP contribution in [0.3, 0.4) is 0 Å². The smallest absolute Gasteiger partial charge is 0.143 e. The molecule has 45 heavy (non-hydrogen) atoms. The fourth-order valence-corrected chi connectivity index (χ4v) is 5.77. The highest BCUT2D eigenvalue weighted by Gasteiger charge is 2.50. The van der Waals surface area contributed by atoms with Crippen LogP contribution in [0.4, 0.5) is 11.4 Å². The molecule has 0 saturated heterocycles. The van der Waals surface area contributed by atoms with Crippen molar-refractivity contribution in [2.24, 2.45) is 0 Å². The molecule has 10 nitrogen and oxygen atoms in total. The van der Waals surface area contributed by atoms with E-state index in [0.717, 1.165) is 29.7 Å². The Kier molecular flexibility index (Phi) is 8.10. The van der Waals surface area contributed by atoms with Crippen molar-refractivity contribution in [2.45, 2.75) is 43.3 Å². The second-order valence-electron chi connectivity index (χ2n) is 11.0. The Bertz CT molecular complexity index is 1960. The van der Waals surface area contributed by atoms with Gasteiger partial charge in [0.1, 0.15) is 11.6 Å². The van der Waals surface area contributed by atoms with Crippen LogP contribution in [0.2, 0.25) is 5.02 Å². The number of hydrogen-bond acceptors (Lipinski definition) is 10. The molecule has 0 spiro atoms. The summed E-state index contributed by atoms with van der Waals surface area (Å²) >= 11 is 6.83. The molecule has 220 valence electrons. The number of fused-ring (bicyclic) bond motifs is 1. The van der Waals surface area contributed by atoms with Crippen LogP contribution in [0, 0.1) is 45.3 Å². The van der Waals surface area contributed by atoms with Crippen molar-refractivity contribution in [1.29, 1.82) is 21.0 Å². The van der Waals surface area contributed by atoms with E-state index < -0.39 is 11.6 Å². The molecule has 1 aliphatic carbocycles. The van der Waals surface area contributed by atoms with Gasteiger partial charge in [-0.05, 0) is 54.7 Å². The number of anilines is 2. The monoisotopic (exact) mass is 610 g/mol. The van der Waals surface area contributed by atoms with Crippen LogP contribution < -0.4 is 21.6 Å². The van der Waals surface area contributed by atoms with Crippen molar-refractivity contribution in [3.8, 4) is 24.3 Å². The highest BCUT2D eigenvalue weighted by molar-refractivity contribution is 6.35. The van der Waals surface area contributed by atoms with E-state index in [1.54, 1.807) is 17.1 Å². The van der Waals surface area contributed by atoms with Gasteiger partial charge in [-0.15, -0.1) is 5.53 Å². The highest BCUT2D eigenvalue weighted by atomic mass is 35.5. The first kappa shape index (κ1) is 29.3. The summed E-state index contributed by atoms with van der Waals surface area (Å²) in [6.07, 6.45) is 5.75. The molecule has 1 aliphatic heterocycles. The molecule has 4 aromatic rings. The largest absolute Gasteiger partial charge is 0.377 e. The van der Waals surface area contributed by atoms with Gasteiger partial charge in [0.25, 0.3) is 0 Å². The summed E-state index contributed by atoms with van der Waals surface area (Å²) in [7, 11) is 0. The number of nitrogens with one attached hydrogen (secondary N) is 4. The minimum Gasteiger partial charge on any atom is -0.377 e. The lowest BCUT2D eigenvalue weighted by molar-refractivity contribution is 0.217. The number of nitrogens with zero attached hydrogens (tertiary/aromatic N) is 6. The maximum Gasteiger partial charge on any atom is 0.143 e. The van der Waals surface area contributed by atoms with Crippen molar-refractivity contribution in [3.63, 3.8) is 0 Å². The first-order chi connectivity index (χ1) is 22.0. The average Bonchev–Trinajstić information content (AvgIpc) is 3.73. The zero-order valence-electron chi connectivity index (χ0n) is 24.0. The third-order valence-electron chi connectivity index (χ3n) is 8.06. The normalized spacial score (nSPS) is 15.8. The van der Waals surface area contributed by atoms with E-state index in [1.807, 2.05) is 60.8 Å². The van der Waals surface area contributed by atoms with Gasteiger partial charge in [0.05, 0.1) is 63.3 Å². The third-order valence-corrected chi connectivity index (χ3v) is 8.35. The lowest BCUT2D eigenvalue weighted by Gasteiger charge is -2.24. The molecule has 11 heteroatoms. The average molecular weight is 611 g/mol. The van der Waals surface area contributed by atoms with Gasteiger partial charge in [-0.25, -0.2) is 0 Å².